The summed E-state index contributed by atoms with van der Waals surface area (Å²) in [4.78, 5) is 13.2. The van der Waals surface area contributed by atoms with E-state index in [2.05, 4.69) is 0 Å². The second kappa shape index (κ2) is 5.92. The first-order valence-electron chi connectivity index (χ1n) is 5.75. The molecule has 2 rings (SSSR count). The maximum absolute atomic E-state index is 11.8. The second-order valence-corrected chi connectivity index (χ2v) is 5.29. The Morgan fingerprint density at radius 1 is 1.16 bits per heavy atom. The molecule has 6 heteroatoms. The molecule has 1 aliphatic rings. The number of halogens is 2. The standard InChI is InChI=1S/C13H13Cl2NO3/c14-9-3-8(4-10(15)5-9)1-2-13(19)16-6-11(17)12(18)7-16/h1-5,11-12,17-18H,6-7H2/t11-,12+. The number of hydrogen-bond acceptors (Lipinski definition) is 3. The van der Waals surface area contributed by atoms with Gasteiger partial charge in [0.1, 0.15) is 0 Å². The number of aliphatic hydroxyl groups excluding tert-OH is 2. The van der Waals surface area contributed by atoms with Crippen molar-refractivity contribution in [2.75, 3.05) is 13.1 Å². The fraction of sp³-hybridized carbons (Fsp3) is 0.308. The molecule has 0 radical (unpaired) electrons. The van der Waals surface area contributed by atoms with Crippen molar-refractivity contribution in [1.82, 2.24) is 4.90 Å². The maximum Gasteiger partial charge on any atom is 0.246 e. The van der Waals surface area contributed by atoms with Crippen molar-refractivity contribution in [2.24, 2.45) is 0 Å². The van der Waals surface area contributed by atoms with Crippen LogP contribution in [0.4, 0.5) is 0 Å². The number of hydrogen-bond donors (Lipinski definition) is 2. The zero-order chi connectivity index (χ0) is 14.0. The monoisotopic (exact) mass is 301 g/mol. The van der Waals surface area contributed by atoms with Crippen molar-refractivity contribution >= 4 is 35.2 Å². The van der Waals surface area contributed by atoms with Crippen LogP contribution in [0.1, 0.15) is 5.56 Å². The van der Waals surface area contributed by atoms with E-state index in [4.69, 9.17) is 23.2 Å². The summed E-state index contributed by atoms with van der Waals surface area (Å²) in [7, 11) is 0. The molecule has 1 saturated heterocycles. The zero-order valence-corrected chi connectivity index (χ0v) is 11.5. The minimum Gasteiger partial charge on any atom is -0.388 e. The highest BCUT2D eigenvalue weighted by Gasteiger charge is 2.31. The lowest BCUT2D eigenvalue weighted by Gasteiger charge is -2.12. The predicted octanol–water partition coefficient (Wildman–Crippen LogP) is 1.57. The molecular weight excluding hydrogens is 289 g/mol. The van der Waals surface area contributed by atoms with E-state index < -0.39 is 12.2 Å². The molecule has 1 heterocycles. The normalized spacial score (nSPS) is 23.3. The van der Waals surface area contributed by atoms with E-state index in [9.17, 15) is 15.0 Å². The molecule has 0 aliphatic carbocycles. The molecule has 1 aromatic rings. The minimum atomic E-state index is -0.877. The summed E-state index contributed by atoms with van der Waals surface area (Å²) in [6.07, 6.45) is 1.21. The number of carbonyl (C=O) groups is 1. The van der Waals surface area contributed by atoms with Gasteiger partial charge >= 0.3 is 0 Å². The Morgan fingerprint density at radius 3 is 2.21 bits per heavy atom. The Bertz CT molecular complexity index is 488. The quantitative estimate of drug-likeness (QED) is 0.815. The molecule has 0 unspecified atom stereocenters. The molecule has 1 aromatic carbocycles. The Labute approximate surface area is 120 Å². The minimum absolute atomic E-state index is 0.140. The van der Waals surface area contributed by atoms with Gasteiger partial charge in [0.25, 0.3) is 0 Å². The lowest BCUT2D eigenvalue weighted by atomic mass is 10.2. The van der Waals surface area contributed by atoms with Gasteiger partial charge in [-0.3, -0.25) is 4.79 Å². The number of β-amino-alcohol motifs (C(OH)–C–C–N with tert-alkyl or cyclic N) is 2. The van der Waals surface area contributed by atoms with Gasteiger partial charge in [0, 0.05) is 29.2 Å². The SMILES string of the molecule is O=C(C=Cc1cc(Cl)cc(Cl)c1)N1C[C@@H](O)[C@@H](O)C1. The molecule has 4 nitrogen and oxygen atoms in total. The van der Waals surface area contributed by atoms with Crippen LogP contribution < -0.4 is 0 Å². The van der Waals surface area contributed by atoms with Gasteiger partial charge in [-0.2, -0.15) is 0 Å². The second-order valence-electron chi connectivity index (χ2n) is 4.41. The Morgan fingerprint density at radius 2 is 1.68 bits per heavy atom. The van der Waals surface area contributed by atoms with Crippen LogP contribution >= 0.6 is 23.2 Å². The smallest absolute Gasteiger partial charge is 0.246 e. The van der Waals surface area contributed by atoms with Crippen LogP contribution in [0, 0.1) is 0 Å². The van der Waals surface area contributed by atoms with Crippen molar-refractivity contribution in [3.05, 3.63) is 39.9 Å². The zero-order valence-electron chi connectivity index (χ0n) is 9.96. The fourth-order valence-electron chi connectivity index (χ4n) is 1.89. The highest BCUT2D eigenvalue weighted by molar-refractivity contribution is 6.34. The molecule has 1 amide bonds. The lowest BCUT2D eigenvalue weighted by molar-refractivity contribution is -0.125. The van der Waals surface area contributed by atoms with Crippen molar-refractivity contribution in [3.63, 3.8) is 0 Å². The van der Waals surface area contributed by atoms with Gasteiger partial charge in [-0.15, -0.1) is 0 Å². The summed E-state index contributed by atoms with van der Waals surface area (Å²) in [6.45, 7) is 0.279. The van der Waals surface area contributed by atoms with E-state index in [-0.39, 0.29) is 19.0 Å². The molecule has 0 aromatic heterocycles. The highest BCUT2D eigenvalue weighted by Crippen LogP contribution is 2.20. The van der Waals surface area contributed by atoms with Gasteiger partial charge in [-0.25, -0.2) is 0 Å². The lowest BCUT2D eigenvalue weighted by Crippen LogP contribution is -2.27. The summed E-state index contributed by atoms with van der Waals surface area (Å²) in [5.74, 6) is -0.272. The molecule has 0 spiro atoms. The third kappa shape index (κ3) is 3.70. The van der Waals surface area contributed by atoms with Gasteiger partial charge in [-0.05, 0) is 29.8 Å². The van der Waals surface area contributed by atoms with E-state index in [0.29, 0.717) is 15.6 Å². The van der Waals surface area contributed by atoms with E-state index >= 15 is 0 Å². The van der Waals surface area contributed by atoms with Crippen molar-refractivity contribution < 1.29 is 15.0 Å². The van der Waals surface area contributed by atoms with Crippen LogP contribution in [0.25, 0.3) is 6.08 Å². The largest absolute Gasteiger partial charge is 0.388 e. The van der Waals surface area contributed by atoms with Crippen LogP contribution in [-0.4, -0.2) is 46.3 Å². The van der Waals surface area contributed by atoms with Crippen molar-refractivity contribution in [2.45, 2.75) is 12.2 Å². The number of likely N-dealkylation sites (tertiary alicyclic amines) is 1. The fourth-order valence-corrected chi connectivity index (χ4v) is 2.44. The molecule has 2 N–H and O–H groups in total. The Balaban J connectivity index is 2.04. The number of nitrogens with zero attached hydrogens (tertiary/aromatic N) is 1. The molecule has 0 bridgehead atoms. The van der Waals surface area contributed by atoms with Gasteiger partial charge in [0.15, 0.2) is 0 Å². The van der Waals surface area contributed by atoms with Crippen molar-refractivity contribution in [1.29, 1.82) is 0 Å². The molecular formula is C13H13Cl2NO3. The number of aliphatic hydroxyl groups is 2. The molecule has 2 atom stereocenters. The molecule has 1 fully saturated rings. The van der Waals surface area contributed by atoms with Gasteiger partial charge < -0.3 is 15.1 Å². The van der Waals surface area contributed by atoms with Crippen molar-refractivity contribution in [3.8, 4) is 0 Å². The van der Waals surface area contributed by atoms with Crippen LogP contribution in [0.2, 0.25) is 10.0 Å². The number of carbonyl (C=O) groups excluding carboxylic acids is 1. The van der Waals surface area contributed by atoms with Gasteiger partial charge in [0.05, 0.1) is 12.2 Å². The average Bonchev–Trinajstić information content (AvgIpc) is 2.65. The molecule has 1 aliphatic heterocycles. The summed E-state index contributed by atoms with van der Waals surface area (Å²) < 4.78 is 0. The van der Waals surface area contributed by atoms with E-state index in [0.717, 1.165) is 0 Å². The summed E-state index contributed by atoms with van der Waals surface area (Å²) in [6, 6.07) is 4.98. The summed E-state index contributed by atoms with van der Waals surface area (Å²) in [5, 5.41) is 19.7. The number of benzene rings is 1. The topological polar surface area (TPSA) is 60.8 Å². The molecule has 19 heavy (non-hydrogen) atoms. The highest BCUT2D eigenvalue weighted by atomic mass is 35.5. The van der Waals surface area contributed by atoms with Crippen LogP contribution in [0.3, 0.4) is 0 Å². The van der Waals surface area contributed by atoms with E-state index in [1.807, 2.05) is 0 Å². The predicted molar refractivity (Wildman–Crippen MR) is 74.1 cm³/mol. The van der Waals surface area contributed by atoms with Crippen LogP contribution in [0.5, 0.6) is 0 Å². The number of amides is 1. The first kappa shape index (κ1) is 14.3. The molecule has 0 saturated carbocycles. The Kier molecular flexibility index (Phi) is 4.47. The summed E-state index contributed by atoms with van der Waals surface area (Å²) >= 11 is 11.7. The van der Waals surface area contributed by atoms with Gasteiger partial charge in [0.2, 0.25) is 5.91 Å². The third-order valence-electron chi connectivity index (χ3n) is 2.87. The molecule has 102 valence electrons. The summed E-state index contributed by atoms with van der Waals surface area (Å²) in [5.41, 5.74) is 0.714. The van der Waals surface area contributed by atoms with Gasteiger partial charge in [-0.1, -0.05) is 23.2 Å². The average molecular weight is 302 g/mol. The first-order chi connectivity index (χ1) is 8.95. The van der Waals surface area contributed by atoms with Crippen LogP contribution in [0.15, 0.2) is 24.3 Å². The van der Waals surface area contributed by atoms with E-state index in [1.54, 1.807) is 24.3 Å². The third-order valence-corrected chi connectivity index (χ3v) is 3.31. The number of rotatable bonds is 2. The maximum atomic E-state index is 11.8. The van der Waals surface area contributed by atoms with E-state index in [1.165, 1.54) is 11.0 Å². The Hall–Kier alpha value is -1.07. The van der Waals surface area contributed by atoms with Crippen LogP contribution in [-0.2, 0) is 4.79 Å². The first-order valence-corrected chi connectivity index (χ1v) is 6.50.